The van der Waals surface area contributed by atoms with Crippen molar-refractivity contribution in [3.63, 3.8) is 0 Å². The summed E-state index contributed by atoms with van der Waals surface area (Å²) in [6.45, 7) is 4.30. The van der Waals surface area contributed by atoms with Crippen molar-refractivity contribution in [3.8, 4) is 0 Å². The molecule has 5 nitrogen and oxygen atoms in total. The molecule has 0 saturated carbocycles. The molecule has 0 spiro atoms. The van der Waals surface area contributed by atoms with E-state index in [0.29, 0.717) is 17.1 Å². The Labute approximate surface area is 171 Å². The molecule has 1 unspecified atom stereocenters. The predicted molar refractivity (Wildman–Crippen MR) is 113 cm³/mol. The monoisotopic (exact) mass is 399 g/mol. The Bertz CT molecular complexity index is 849. The summed E-state index contributed by atoms with van der Waals surface area (Å²) in [7, 11) is 1.77. The van der Waals surface area contributed by atoms with E-state index in [-0.39, 0.29) is 11.8 Å². The molecule has 2 aromatic carbocycles. The van der Waals surface area contributed by atoms with E-state index >= 15 is 0 Å². The van der Waals surface area contributed by atoms with Crippen LogP contribution in [-0.4, -0.2) is 42.9 Å². The molecule has 0 aromatic heterocycles. The topological polar surface area (TPSA) is 52.7 Å². The molecule has 1 fully saturated rings. The molecule has 1 N–H and O–H groups in total. The van der Waals surface area contributed by atoms with Gasteiger partial charge in [-0.1, -0.05) is 41.9 Å². The molecule has 148 valence electrons. The number of nitrogens with zero attached hydrogens (tertiary/aromatic N) is 2. The van der Waals surface area contributed by atoms with E-state index in [0.717, 1.165) is 18.7 Å². The van der Waals surface area contributed by atoms with E-state index in [2.05, 4.69) is 22.3 Å². The van der Waals surface area contributed by atoms with Gasteiger partial charge in [-0.2, -0.15) is 0 Å². The normalized spacial score (nSPS) is 14.6. The van der Waals surface area contributed by atoms with E-state index in [4.69, 9.17) is 11.6 Å². The largest absolute Gasteiger partial charge is 0.371 e. The Morgan fingerprint density at radius 3 is 2.46 bits per heavy atom. The Morgan fingerprint density at radius 2 is 1.75 bits per heavy atom. The summed E-state index contributed by atoms with van der Waals surface area (Å²) < 4.78 is 0. The van der Waals surface area contributed by atoms with Gasteiger partial charge in [0.1, 0.15) is 6.04 Å². The van der Waals surface area contributed by atoms with Gasteiger partial charge in [-0.3, -0.25) is 9.59 Å². The van der Waals surface area contributed by atoms with Crippen molar-refractivity contribution in [2.24, 2.45) is 0 Å². The van der Waals surface area contributed by atoms with E-state index in [1.165, 1.54) is 18.5 Å². The molecule has 2 aromatic rings. The van der Waals surface area contributed by atoms with Crippen molar-refractivity contribution in [1.29, 1.82) is 0 Å². The molecular formula is C22H26ClN3O2. The number of halogens is 1. The Kier molecular flexibility index (Phi) is 6.57. The number of amides is 2. The molecule has 3 rings (SSSR count). The van der Waals surface area contributed by atoms with Crippen LogP contribution in [0.3, 0.4) is 0 Å². The molecule has 6 heteroatoms. The van der Waals surface area contributed by atoms with Crippen LogP contribution >= 0.6 is 11.6 Å². The smallest absolute Gasteiger partial charge is 0.253 e. The van der Waals surface area contributed by atoms with Crippen molar-refractivity contribution >= 4 is 29.1 Å². The number of benzene rings is 2. The number of hydrogen-bond acceptors (Lipinski definition) is 3. The average molecular weight is 400 g/mol. The molecular weight excluding hydrogens is 374 g/mol. The third-order valence-corrected chi connectivity index (χ3v) is 5.39. The minimum Gasteiger partial charge on any atom is -0.371 e. The summed E-state index contributed by atoms with van der Waals surface area (Å²) in [6, 6.07) is 14.4. The number of carbonyl (C=O) groups is 2. The predicted octanol–water partition coefficient (Wildman–Crippen LogP) is 3.72. The van der Waals surface area contributed by atoms with Gasteiger partial charge in [0.2, 0.25) is 5.91 Å². The van der Waals surface area contributed by atoms with Crippen molar-refractivity contribution in [2.75, 3.05) is 25.0 Å². The second-order valence-corrected chi connectivity index (χ2v) is 7.60. The van der Waals surface area contributed by atoms with Crippen LogP contribution in [0.4, 0.5) is 5.69 Å². The highest BCUT2D eigenvalue weighted by molar-refractivity contribution is 6.33. The van der Waals surface area contributed by atoms with Crippen LogP contribution in [0.1, 0.15) is 35.7 Å². The minimum atomic E-state index is -0.646. The second-order valence-electron chi connectivity index (χ2n) is 7.19. The van der Waals surface area contributed by atoms with Crippen LogP contribution < -0.4 is 10.2 Å². The number of likely N-dealkylation sites (N-methyl/N-ethyl adjacent to an activating group) is 1. The number of hydrogen-bond donors (Lipinski definition) is 1. The van der Waals surface area contributed by atoms with Gasteiger partial charge in [-0.15, -0.1) is 0 Å². The van der Waals surface area contributed by atoms with Gasteiger partial charge in [0.15, 0.2) is 0 Å². The molecule has 0 radical (unpaired) electrons. The molecule has 0 aliphatic carbocycles. The summed E-state index contributed by atoms with van der Waals surface area (Å²) in [4.78, 5) is 29.2. The third-order valence-electron chi connectivity index (χ3n) is 5.06. The molecule has 1 heterocycles. The standard InChI is InChI=1S/C22H26ClN3O2/c1-16(24-21(27)18-10-4-5-11-19(18)23)22(28)25(2)15-17-9-3-6-12-20(17)26-13-7-8-14-26/h3-6,9-12,16H,7-8,13-15H2,1-2H3,(H,24,27). The summed E-state index contributed by atoms with van der Waals surface area (Å²) in [5.74, 6) is -0.492. The Morgan fingerprint density at radius 1 is 1.11 bits per heavy atom. The highest BCUT2D eigenvalue weighted by atomic mass is 35.5. The first kappa shape index (κ1) is 20.2. The van der Waals surface area contributed by atoms with E-state index in [1.54, 1.807) is 43.1 Å². The van der Waals surface area contributed by atoms with Crippen LogP contribution in [0.2, 0.25) is 5.02 Å². The zero-order chi connectivity index (χ0) is 20.1. The molecule has 2 amide bonds. The molecule has 28 heavy (non-hydrogen) atoms. The zero-order valence-electron chi connectivity index (χ0n) is 16.3. The fourth-order valence-electron chi connectivity index (χ4n) is 3.56. The fraction of sp³-hybridized carbons (Fsp3) is 0.364. The maximum absolute atomic E-state index is 12.8. The summed E-state index contributed by atoms with van der Waals surface area (Å²) >= 11 is 6.07. The molecule has 1 aliphatic heterocycles. The SMILES string of the molecule is CC(NC(=O)c1ccccc1Cl)C(=O)N(C)Cc1ccccc1N1CCCC1. The maximum Gasteiger partial charge on any atom is 0.253 e. The average Bonchev–Trinajstić information content (AvgIpc) is 3.22. The maximum atomic E-state index is 12.8. The van der Waals surface area contributed by atoms with Crippen molar-refractivity contribution in [3.05, 3.63) is 64.7 Å². The van der Waals surface area contributed by atoms with Crippen molar-refractivity contribution in [2.45, 2.75) is 32.4 Å². The van der Waals surface area contributed by atoms with Gasteiger partial charge in [-0.25, -0.2) is 0 Å². The number of carbonyl (C=O) groups excluding carboxylic acids is 2. The lowest BCUT2D eigenvalue weighted by Gasteiger charge is -2.26. The van der Waals surface area contributed by atoms with Crippen molar-refractivity contribution < 1.29 is 9.59 Å². The highest BCUT2D eigenvalue weighted by Gasteiger charge is 2.23. The lowest BCUT2D eigenvalue weighted by molar-refractivity contribution is -0.132. The van der Waals surface area contributed by atoms with Crippen LogP contribution in [0.5, 0.6) is 0 Å². The highest BCUT2D eigenvalue weighted by Crippen LogP contribution is 2.25. The zero-order valence-corrected chi connectivity index (χ0v) is 17.1. The van der Waals surface area contributed by atoms with E-state index in [1.807, 2.05) is 12.1 Å². The first-order chi connectivity index (χ1) is 13.5. The number of nitrogens with one attached hydrogen (secondary N) is 1. The molecule has 0 bridgehead atoms. The van der Waals surface area contributed by atoms with Gasteiger partial charge < -0.3 is 15.1 Å². The third kappa shape index (κ3) is 4.65. The summed E-state index contributed by atoms with van der Waals surface area (Å²) in [6.07, 6.45) is 2.41. The Balaban J connectivity index is 1.64. The van der Waals surface area contributed by atoms with Crippen LogP contribution in [0.15, 0.2) is 48.5 Å². The number of anilines is 1. The quantitative estimate of drug-likeness (QED) is 0.805. The van der Waals surface area contributed by atoms with Crippen LogP contribution in [-0.2, 0) is 11.3 Å². The molecule has 1 saturated heterocycles. The minimum absolute atomic E-state index is 0.142. The van der Waals surface area contributed by atoms with Gasteiger partial charge in [-0.05, 0) is 43.5 Å². The van der Waals surface area contributed by atoms with Crippen molar-refractivity contribution in [1.82, 2.24) is 10.2 Å². The number of para-hydroxylation sites is 1. The number of rotatable bonds is 6. The fourth-order valence-corrected chi connectivity index (χ4v) is 3.78. The van der Waals surface area contributed by atoms with Crippen LogP contribution in [0, 0.1) is 0 Å². The lowest BCUT2D eigenvalue weighted by atomic mass is 10.1. The van der Waals surface area contributed by atoms with E-state index < -0.39 is 6.04 Å². The molecule has 1 atom stereocenters. The van der Waals surface area contributed by atoms with E-state index in [9.17, 15) is 9.59 Å². The lowest BCUT2D eigenvalue weighted by Crippen LogP contribution is -2.45. The van der Waals surface area contributed by atoms with Gasteiger partial charge in [0.05, 0.1) is 10.6 Å². The van der Waals surface area contributed by atoms with Gasteiger partial charge >= 0.3 is 0 Å². The Hall–Kier alpha value is -2.53. The second kappa shape index (κ2) is 9.11. The van der Waals surface area contributed by atoms with Gasteiger partial charge in [0.25, 0.3) is 5.91 Å². The van der Waals surface area contributed by atoms with Gasteiger partial charge in [0, 0.05) is 32.4 Å². The summed E-state index contributed by atoms with van der Waals surface area (Å²) in [5, 5.41) is 3.12. The first-order valence-corrected chi connectivity index (χ1v) is 9.98. The molecule has 1 aliphatic rings. The summed E-state index contributed by atoms with van der Waals surface area (Å²) in [5.41, 5.74) is 2.67. The van der Waals surface area contributed by atoms with Crippen LogP contribution in [0.25, 0.3) is 0 Å². The first-order valence-electron chi connectivity index (χ1n) is 9.60.